The van der Waals surface area contributed by atoms with Gasteiger partial charge in [-0.15, -0.1) is 0 Å². The molecule has 0 radical (unpaired) electrons. The van der Waals surface area contributed by atoms with E-state index in [0.717, 1.165) is 5.71 Å². The molecule has 0 saturated carbocycles. The Hall–Kier alpha value is -0.850. The summed E-state index contributed by atoms with van der Waals surface area (Å²) in [7, 11) is 1.77. The Balaban J connectivity index is 3.69. The van der Waals surface area contributed by atoms with Crippen molar-refractivity contribution in [2.24, 2.45) is 4.99 Å². The van der Waals surface area contributed by atoms with Gasteiger partial charge in [-0.2, -0.15) is 0 Å². The molecule has 0 spiro atoms. The van der Waals surface area contributed by atoms with Crippen LogP contribution in [0.3, 0.4) is 0 Å². The van der Waals surface area contributed by atoms with Crippen molar-refractivity contribution in [2.75, 3.05) is 7.05 Å². The minimum Gasteiger partial charge on any atom is -0.293 e. The van der Waals surface area contributed by atoms with Crippen LogP contribution in [0.5, 0.6) is 0 Å². The van der Waals surface area contributed by atoms with Gasteiger partial charge in [-0.3, -0.25) is 4.99 Å². The molecule has 0 fully saturated rings. The summed E-state index contributed by atoms with van der Waals surface area (Å²) < 4.78 is 0. The number of aliphatic imine (C=N–C) groups is 1. The lowest BCUT2D eigenvalue weighted by Crippen LogP contribution is -1.79. The second kappa shape index (κ2) is 4.31. The highest BCUT2D eigenvalue weighted by molar-refractivity contribution is 5.92. The normalized spacial score (nSPS) is 12.5. The van der Waals surface area contributed by atoms with E-state index >= 15 is 0 Å². The van der Waals surface area contributed by atoms with Crippen molar-refractivity contribution in [1.82, 2.24) is 0 Å². The molecule has 0 amide bonds. The summed E-state index contributed by atoms with van der Waals surface area (Å²) in [6.45, 7) is 5.47. The molecule has 0 saturated heterocycles. The summed E-state index contributed by atoms with van der Waals surface area (Å²) in [5.41, 5.74) is 1.02. The van der Waals surface area contributed by atoms with Crippen LogP contribution in [0.2, 0.25) is 0 Å². The molecule has 0 N–H and O–H groups in total. The predicted molar refractivity (Wildman–Crippen MR) is 38.4 cm³/mol. The molecule has 0 aliphatic heterocycles. The summed E-state index contributed by atoms with van der Waals surface area (Å²) in [6.07, 6.45) is 5.50. The topological polar surface area (TPSA) is 12.4 Å². The van der Waals surface area contributed by atoms with E-state index in [0.29, 0.717) is 0 Å². The van der Waals surface area contributed by atoms with Gasteiger partial charge in [-0.25, -0.2) is 0 Å². The molecule has 0 bridgehead atoms. The van der Waals surface area contributed by atoms with Gasteiger partial charge >= 0.3 is 0 Å². The third-order valence-corrected chi connectivity index (χ3v) is 0.826. The molecule has 0 heterocycles. The zero-order valence-electron chi connectivity index (χ0n) is 5.39. The first-order valence-electron chi connectivity index (χ1n) is 2.53. The second-order valence-corrected chi connectivity index (χ2v) is 1.46. The SMILES string of the molecule is C=CC=CC(C)=NC. The molecular formula is C7H11N. The van der Waals surface area contributed by atoms with E-state index in [-0.39, 0.29) is 0 Å². The van der Waals surface area contributed by atoms with E-state index in [9.17, 15) is 0 Å². The Morgan fingerprint density at radius 3 is 2.62 bits per heavy atom. The van der Waals surface area contributed by atoms with Gasteiger partial charge in [0.05, 0.1) is 0 Å². The van der Waals surface area contributed by atoms with Gasteiger partial charge < -0.3 is 0 Å². The Morgan fingerprint density at radius 2 is 2.25 bits per heavy atom. The maximum Gasteiger partial charge on any atom is 0.0313 e. The Morgan fingerprint density at radius 1 is 1.62 bits per heavy atom. The van der Waals surface area contributed by atoms with E-state index < -0.39 is 0 Å². The van der Waals surface area contributed by atoms with Gasteiger partial charge in [0, 0.05) is 12.8 Å². The van der Waals surface area contributed by atoms with E-state index in [1.807, 2.05) is 19.1 Å². The van der Waals surface area contributed by atoms with Crippen molar-refractivity contribution in [3.63, 3.8) is 0 Å². The first-order valence-corrected chi connectivity index (χ1v) is 2.53. The van der Waals surface area contributed by atoms with Crippen LogP contribution in [0.15, 0.2) is 29.8 Å². The fraction of sp³-hybridized carbons (Fsp3) is 0.286. The largest absolute Gasteiger partial charge is 0.293 e. The van der Waals surface area contributed by atoms with Gasteiger partial charge in [0.25, 0.3) is 0 Å². The van der Waals surface area contributed by atoms with Crippen molar-refractivity contribution < 1.29 is 0 Å². The average Bonchev–Trinajstić information content (AvgIpc) is 1.83. The molecule has 0 unspecified atom stereocenters. The summed E-state index contributed by atoms with van der Waals surface area (Å²) >= 11 is 0. The highest BCUT2D eigenvalue weighted by Crippen LogP contribution is 1.78. The Kier molecular flexibility index (Phi) is 3.85. The van der Waals surface area contributed by atoms with Gasteiger partial charge in [0.1, 0.15) is 0 Å². The lowest BCUT2D eigenvalue weighted by atomic mass is 10.4. The van der Waals surface area contributed by atoms with Crippen molar-refractivity contribution >= 4 is 5.71 Å². The maximum atomic E-state index is 3.91. The highest BCUT2D eigenvalue weighted by Gasteiger charge is 1.72. The van der Waals surface area contributed by atoms with E-state index in [4.69, 9.17) is 0 Å². The van der Waals surface area contributed by atoms with E-state index in [2.05, 4.69) is 11.6 Å². The molecule has 8 heavy (non-hydrogen) atoms. The lowest BCUT2D eigenvalue weighted by molar-refractivity contribution is 1.43. The first kappa shape index (κ1) is 7.15. The minimum atomic E-state index is 1.02. The summed E-state index contributed by atoms with van der Waals surface area (Å²) in [6, 6.07) is 0. The summed E-state index contributed by atoms with van der Waals surface area (Å²) in [5, 5.41) is 0. The fourth-order valence-corrected chi connectivity index (χ4v) is 0.282. The third kappa shape index (κ3) is 3.34. The van der Waals surface area contributed by atoms with Crippen LogP contribution >= 0.6 is 0 Å². The lowest BCUT2D eigenvalue weighted by Gasteiger charge is -1.81. The van der Waals surface area contributed by atoms with E-state index in [1.54, 1.807) is 13.1 Å². The highest BCUT2D eigenvalue weighted by atomic mass is 14.7. The van der Waals surface area contributed by atoms with Crippen molar-refractivity contribution in [3.05, 3.63) is 24.8 Å². The van der Waals surface area contributed by atoms with Crippen LogP contribution in [0.1, 0.15) is 6.92 Å². The molecule has 1 heteroatoms. The first-order chi connectivity index (χ1) is 3.81. The van der Waals surface area contributed by atoms with Crippen LogP contribution < -0.4 is 0 Å². The van der Waals surface area contributed by atoms with Crippen molar-refractivity contribution in [1.29, 1.82) is 0 Å². The van der Waals surface area contributed by atoms with Crippen LogP contribution in [0, 0.1) is 0 Å². The second-order valence-electron chi connectivity index (χ2n) is 1.46. The minimum absolute atomic E-state index is 1.02. The van der Waals surface area contributed by atoms with Crippen LogP contribution in [0.25, 0.3) is 0 Å². The van der Waals surface area contributed by atoms with Crippen LogP contribution in [-0.4, -0.2) is 12.8 Å². The van der Waals surface area contributed by atoms with Crippen molar-refractivity contribution in [3.8, 4) is 0 Å². The quantitative estimate of drug-likeness (QED) is 0.379. The molecule has 0 aromatic rings. The van der Waals surface area contributed by atoms with Gasteiger partial charge in [0.15, 0.2) is 0 Å². The average molecular weight is 109 g/mol. The van der Waals surface area contributed by atoms with Crippen molar-refractivity contribution in [2.45, 2.75) is 6.92 Å². The zero-order valence-corrected chi connectivity index (χ0v) is 5.39. The molecule has 44 valence electrons. The van der Waals surface area contributed by atoms with Gasteiger partial charge in [-0.05, 0) is 13.0 Å². The molecule has 0 atom stereocenters. The predicted octanol–water partition coefficient (Wildman–Crippen LogP) is 1.82. The monoisotopic (exact) mass is 109 g/mol. The van der Waals surface area contributed by atoms with Crippen LogP contribution in [0.4, 0.5) is 0 Å². The standard InChI is InChI=1S/C7H11N/c1-4-5-6-7(2)8-3/h4-6H,1H2,2-3H3. The molecule has 0 aromatic heterocycles. The Labute approximate surface area is 50.4 Å². The Bertz CT molecular complexity index is 120. The number of nitrogens with zero attached hydrogens (tertiary/aromatic N) is 1. The number of allylic oxidation sites excluding steroid dienone is 3. The summed E-state index contributed by atoms with van der Waals surface area (Å²) in [4.78, 5) is 3.91. The third-order valence-electron chi connectivity index (χ3n) is 0.826. The number of rotatable bonds is 2. The van der Waals surface area contributed by atoms with Gasteiger partial charge in [-0.1, -0.05) is 18.7 Å². The fourth-order valence-electron chi connectivity index (χ4n) is 0.282. The van der Waals surface area contributed by atoms with Crippen LogP contribution in [-0.2, 0) is 0 Å². The van der Waals surface area contributed by atoms with Gasteiger partial charge in [0.2, 0.25) is 0 Å². The summed E-state index contributed by atoms with van der Waals surface area (Å²) in [5.74, 6) is 0. The molecule has 1 nitrogen and oxygen atoms in total. The molecule has 0 rings (SSSR count). The smallest absolute Gasteiger partial charge is 0.0313 e. The van der Waals surface area contributed by atoms with E-state index in [1.165, 1.54) is 0 Å². The number of hydrogen-bond donors (Lipinski definition) is 0. The number of hydrogen-bond acceptors (Lipinski definition) is 1. The molecule has 0 aliphatic carbocycles. The molecule has 0 aromatic carbocycles. The zero-order chi connectivity index (χ0) is 6.41. The maximum absolute atomic E-state index is 3.91. The molecule has 0 aliphatic rings. The molecular weight excluding hydrogens is 98.1 g/mol.